The molecule has 0 aliphatic heterocycles. The van der Waals surface area contributed by atoms with Crippen LogP contribution in [0.25, 0.3) is 10.9 Å². The predicted octanol–water partition coefficient (Wildman–Crippen LogP) is 3.31. The highest BCUT2D eigenvalue weighted by molar-refractivity contribution is 5.83. The van der Waals surface area contributed by atoms with Crippen LogP contribution in [0.1, 0.15) is 23.7 Å². The lowest BCUT2D eigenvalue weighted by Crippen LogP contribution is -2.38. The summed E-state index contributed by atoms with van der Waals surface area (Å²) < 4.78 is 13.5. The molecule has 26 heavy (non-hydrogen) atoms. The minimum absolute atomic E-state index is 0.216. The molecule has 0 aliphatic carbocycles. The Balaban J connectivity index is 1.62. The third kappa shape index (κ3) is 4.39. The van der Waals surface area contributed by atoms with E-state index in [4.69, 9.17) is 0 Å². The van der Waals surface area contributed by atoms with Gasteiger partial charge in [0.1, 0.15) is 5.82 Å². The Hall–Kier alpha value is -2.89. The lowest BCUT2D eigenvalue weighted by Gasteiger charge is -2.11. The van der Waals surface area contributed by atoms with Crippen LogP contribution in [0.2, 0.25) is 0 Å². The number of guanidine groups is 1. The zero-order chi connectivity index (χ0) is 18.4. The summed E-state index contributed by atoms with van der Waals surface area (Å²) in [7, 11) is 0. The minimum Gasteiger partial charge on any atom is -0.361 e. The molecular formula is C20H24FN5. The number of aliphatic imine (C=N–C) groups is 1. The molecule has 5 nitrogen and oxygen atoms in total. The van der Waals surface area contributed by atoms with Crippen LogP contribution < -0.4 is 10.6 Å². The van der Waals surface area contributed by atoms with Gasteiger partial charge in [-0.05, 0) is 55.7 Å². The van der Waals surface area contributed by atoms with Gasteiger partial charge in [-0.25, -0.2) is 9.38 Å². The van der Waals surface area contributed by atoms with Crippen LogP contribution in [0.15, 0.2) is 47.7 Å². The molecule has 0 fully saturated rings. The van der Waals surface area contributed by atoms with Gasteiger partial charge in [-0.2, -0.15) is 0 Å². The highest BCUT2D eigenvalue weighted by Crippen LogP contribution is 2.19. The van der Waals surface area contributed by atoms with E-state index in [-0.39, 0.29) is 5.82 Å². The second-order valence-electron chi connectivity index (χ2n) is 6.14. The molecule has 2 heterocycles. The van der Waals surface area contributed by atoms with E-state index in [9.17, 15) is 4.39 Å². The molecule has 0 saturated carbocycles. The van der Waals surface area contributed by atoms with Crippen molar-refractivity contribution in [1.82, 2.24) is 20.6 Å². The molecule has 1 aromatic carbocycles. The number of hydrogen-bond donors (Lipinski definition) is 3. The SMILES string of the molecule is CCNC(=NCc1ncccc1C)NCCc1c[nH]c2ccc(F)cc12. The van der Waals surface area contributed by atoms with E-state index in [1.165, 1.54) is 6.07 Å². The molecule has 3 N–H and O–H groups in total. The Morgan fingerprint density at radius 2 is 2.15 bits per heavy atom. The topological polar surface area (TPSA) is 65.1 Å². The standard InChI is InChI=1S/C20H24FN5/c1-3-22-20(26-13-19-14(2)5-4-9-23-19)24-10-8-15-12-25-18-7-6-16(21)11-17(15)18/h4-7,9,11-12,25H,3,8,10,13H2,1-2H3,(H2,22,24,26). The number of rotatable bonds is 6. The number of nitrogens with zero attached hydrogens (tertiary/aromatic N) is 2. The largest absolute Gasteiger partial charge is 0.361 e. The van der Waals surface area contributed by atoms with Crippen molar-refractivity contribution in [1.29, 1.82) is 0 Å². The zero-order valence-electron chi connectivity index (χ0n) is 15.1. The first-order valence-electron chi connectivity index (χ1n) is 8.85. The number of H-pyrrole nitrogens is 1. The number of nitrogens with one attached hydrogen (secondary N) is 3. The summed E-state index contributed by atoms with van der Waals surface area (Å²) >= 11 is 0. The fourth-order valence-corrected chi connectivity index (χ4v) is 2.85. The summed E-state index contributed by atoms with van der Waals surface area (Å²) in [5.74, 6) is 0.538. The molecule has 2 aromatic heterocycles. The number of pyridine rings is 1. The lowest BCUT2D eigenvalue weighted by molar-refractivity contribution is 0.629. The van der Waals surface area contributed by atoms with E-state index in [0.29, 0.717) is 13.1 Å². The van der Waals surface area contributed by atoms with Gasteiger partial charge >= 0.3 is 0 Å². The molecule has 136 valence electrons. The maximum Gasteiger partial charge on any atom is 0.191 e. The molecule has 3 aromatic rings. The van der Waals surface area contributed by atoms with Gasteiger partial charge in [0, 0.05) is 36.4 Å². The molecule has 6 heteroatoms. The number of aryl methyl sites for hydroxylation is 1. The average Bonchev–Trinajstić information content (AvgIpc) is 3.03. The Morgan fingerprint density at radius 3 is 2.96 bits per heavy atom. The molecule has 0 atom stereocenters. The predicted molar refractivity (Wildman–Crippen MR) is 104 cm³/mol. The quantitative estimate of drug-likeness (QED) is 0.470. The summed E-state index contributed by atoms with van der Waals surface area (Å²) in [5, 5.41) is 7.50. The smallest absolute Gasteiger partial charge is 0.191 e. The Kier molecular flexibility index (Phi) is 5.84. The van der Waals surface area contributed by atoms with Crippen molar-refractivity contribution in [2.45, 2.75) is 26.8 Å². The second kappa shape index (κ2) is 8.47. The number of hydrogen-bond acceptors (Lipinski definition) is 2. The van der Waals surface area contributed by atoms with Crippen LogP contribution in [-0.4, -0.2) is 29.0 Å². The Labute approximate surface area is 152 Å². The van der Waals surface area contributed by atoms with Gasteiger partial charge in [-0.15, -0.1) is 0 Å². The average molecular weight is 353 g/mol. The second-order valence-corrected chi connectivity index (χ2v) is 6.14. The number of aromatic nitrogens is 2. The highest BCUT2D eigenvalue weighted by Gasteiger charge is 2.06. The first-order valence-corrected chi connectivity index (χ1v) is 8.85. The van der Waals surface area contributed by atoms with Crippen LogP contribution in [0.4, 0.5) is 4.39 Å². The fraction of sp³-hybridized carbons (Fsp3) is 0.300. The summed E-state index contributed by atoms with van der Waals surface area (Å²) in [6, 6.07) is 8.77. The lowest BCUT2D eigenvalue weighted by atomic mass is 10.1. The maximum atomic E-state index is 13.5. The van der Waals surface area contributed by atoms with Gasteiger partial charge in [0.05, 0.1) is 12.2 Å². The van der Waals surface area contributed by atoms with E-state index in [1.807, 2.05) is 32.2 Å². The van der Waals surface area contributed by atoms with Crippen LogP contribution in [0.3, 0.4) is 0 Å². The molecule has 0 radical (unpaired) electrons. The van der Waals surface area contributed by atoms with Gasteiger partial charge in [0.25, 0.3) is 0 Å². The first-order chi connectivity index (χ1) is 12.7. The third-order valence-corrected chi connectivity index (χ3v) is 4.27. The van der Waals surface area contributed by atoms with Crippen LogP contribution in [-0.2, 0) is 13.0 Å². The van der Waals surface area contributed by atoms with Crippen molar-refractivity contribution in [3.05, 3.63) is 65.4 Å². The monoisotopic (exact) mass is 353 g/mol. The van der Waals surface area contributed by atoms with Crippen molar-refractivity contribution in [2.24, 2.45) is 4.99 Å². The minimum atomic E-state index is -0.216. The summed E-state index contributed by atoms with van der Waals surface area (Å²) in [6.45, 7) is 6.09. The summed E-state index contributed by atoms with van der Waals surface area (Å²) in [4.78, 5) is 12.2. The molecule has 0 saturated heterocycles. The van der Waals surface area contributed by atoms with Gasteiger partial charge < -0.3 is 15.6 Å². The van der Waals surface area contributed by atoms with Gasteiger partial charge in [0.15, 0.2) is 5.96 Å². The Morgan fingerprint density at radius 1 is 1.27 bits per heavy atom. The van der Waals surface area contributed by atoms with Gasteiger partial charge in [-0.3, -0.25) is 4.98 Å². The highest BCUT2D eigenvalue weighted by atomic mass is 19.1. The number of benzene rings is 1. The molecule has 0 bridgehead atoms. The van der Waals surface area contributed by atoms with Gasteiger partial charge in [0.2, 0.25) is 0 Å². The van der Waals surface area contributed by atoms with Crippen molar-refractivity contribution in [3.63, 3.8) is 0 Å². The van der Waals surface area contributed by atoms with Crippen molar-refractivity contribution >= 4 is 16.9 Å². The molecule has 3 rings (SSSR count). The van der Waals surface area contributed by atoms with Crippen molar-refractivity contribution in [3.8, 4) is 0 Å². The maximum absolute atomic E-state index is 13.5. The van der Waals surface area contributed by atoms with E-state index in [2.05, 4.69) is 25.6 Å². The molecule has 0 unspecified atom stereocenters. The van der Waals surface area contributed by atoms with E-state index >= 15 is 0 Å². The summed E-state index contributed by atoms with van der Waals surface area (Å²) in [5.41, 5.74) is 4.14. The number of aromatic amines is 1. The molecular weight excluding hydrogens is 329 g/mol. The molecule has 0 aliphatic rings. The van der Waals surface area contributed by atoms with E-state index in [0.717, 1.165) is 46.6 Å². The van der Waals surface area contributed by atoms with Crippen molar-refractivity contribution < 1.29 is 4.39 Å². The Bertz CT molecular complexity index is 900. The first kappa shape index (κ1) is 17.9. The molecule has 0 amide bonds. The number of fused-ring (bicyclic) bond motifs is 1. The molecule has 0 spiro atoms. The normalized spacial score (nSPS) is 11.7. The van der Waals surface area contributed by atoms with Crippen LogP contribution in [0.5, 0.6) is 0 Å². The third-order valence-electron chi connectivity index (χ3n) is 4.27. The number of halogens is 1. The van der Waals surface area contributed by atoms with E-state index in [1.54, 1.807) is 18.3 Å². The van der Waals surface area contributed by atoms with Gasteiger partial charge in [-0.1, -0.05) is 6.07 Å². The van der Waals surface area contributed by atoms with Crippen LogP contribution in [0, 0.1) is 12.7 Å². The fourth-order valence-electron chi connectivity index (χ4n) is 2.85. The summed E-state index contributed by atoms with van der Waals surface area (Å²) in [6.07, 6.45) is 4.50. The van der Waals surface area contributed by atoms with Crippen molar-refractivity contribution in [2.75, 3.05) is 13.1 Å². The van der Waals surface area contributed by atoms with E-state index < -0.39 is 0 Å². The van der Waals surface area contributed by atoms with Crippen LogP contribution >= 0.6 is 0 Å². The zero-order valence-corrected chi connectivity index (χ0v) is 15.1.